The number of aromatic amines is 1. The molecule has 0 saturated heterocycles. The highest BCUT2D eigenvalue weighted by atomic mass is 16.3. The van der Waals surface area contributed by atoms with Gasteiger partial charge in [-0.05, 0) is 12.5 Å². The number of H-pyrrole nitrogens is 1. The van der Waals surface area contributed by atoms with E-state index >= 15 is 0 Å². The second-order valence-corrected chi connectivity index (χ2v) is 3.58. The number of rotatable bonds is 1. The van der Waals surface area contributed by atoms with Crippen molar-refractivity contribution in [2.75, 3.05) is 5.73 Å². The van der Waals surface area contributed by atoms with Gasteiger partial charge in [0, 0.05) is 5.69 Å². The number of aryl methyl sites for hydroxylation is 1. The first-order valence-electron chi connectivity index (χ1n) is 4.88. The second kappa shape index (κ2) is 3.73. The van der Waals surface area contributed by atoms with Crippen LogP contribution in [0.15, 0.2) is 35.1 Å². The van der Waals surface area contributed by atoms with Gasteiger partial charge in [-0.25, -0.2) is 0 Å². The molecule has 1 heterocycles. The number of aromatic hydroxyl groups is 1. The molecule has 0 aliphatic carbocycles. The Hall–Kier alpha value is -2.23. The van der Waals surface area contributed by atoms with Crippen molar-refractivity contribution in [2.24, 2.45) is 0 Å². The van der Waals surface area contributed by atoms with Crippen molar-refractivity contribution in [1.29, 1.82) is 0 Å². The number of benzene rings is 1. The van der Waals surface area contributed by atoms with Crippen LogP contribution in [0.25, 0.3) is 11.1 Å². The third-order valence-corrected chi connectivity index (χ3v) is 2.49. The Labute approximate surface area is 92.4 Å². The van der Waals surface area contributed by atoms with Gasteiger partial charge >= 0.3 is 0 Å². The molecule has 0 spiro atoms. The van der Waals surface area contributed by atoms with Crippen LogP contribution in [0.4, 0.5) is 5.69 Å². The predicted molar refractivity (Wildman–Crippen MR) is 63.3 cm³/mol. The fraction of sp³-hybridized carbons (Fsp3) is 0.0833. The number of nitrogens with one attached hydrogen (secondary N) is 1. The van der Waals surface area contributed by atoms with Crippen LogP contribution in [0.5, 0.6) is 5.75 Å². The van der Waals surface area contributed by atoms with Gasteiger partial charge in [0.05, 0.1) is 11.3 Å². The maximum Gasteiger partial charge on any atom is 0.259 e. The van der Waals surface area contributed by atoms with E-state index in [0.717, 1.165) is 0 Å². The summed E-state index contributed by atoms with van der Waals surface area (Å²) in [4.78, 5) is 14.3. The van der Waals surface area contributed by atoms with Crippen LogP contribution in [0.1, 0.15) is 5.69 Å². The molecule has 0 aliphatic rings. The van der Waals surface area contributed by atoms with Gasteiger partial charge in [-0.15, -0.1) is 0 Å². The van der Waals surface area contributed by atoms with E-state index in [4.69, 9.17) is 5.73 Å². The molecule has 4 heteroatoms. The lowest BCUT2D eigenvalue weighted by Crippen LogP contribution is -2.12. The van der Waals surface area contributed by atoms with Crippen LogP contribution < -0.4 is 11.3 Å². The molecule has 1 aromatic carbocycles. The van der Waals surface area contributed by atoms with E-state index in [2.05, 4.69) is 4.98 Å². The Morgan fingerprint density at radius 3 is 2.50 bits per heavy atom. The zero-order valence-electron chi connectivity index (χ0n) is 8.82. The fourth-order valence-corrected chi connectivity index (χ4v) is 1.59. The molecule has 1 aromatic heterocycles. The van der Waals surface area contributed by atoms with Gasteiger partial charge in [-0.2, -0.15) is 0 Å². The molecule has 0 atom stereocenters. The summed E-state index contributed by atoms with van der Waals surface area (Å²) < 4.78 is 0. The van der Waals surface area contributed by atoms with E-state index in [1.165, 1.54) is 0 Å². The molecule has 0 fully saturated rings. The van der Waals surface area contributed by atoms with Gasteiger partial charge < -0.3 is 15.8 Å². The summed E-state index contributed by atoms with van der Waals surface area (Å²) in [6.07, 6.45) is 0. The summed E-state index contributed by atoms with van der Waals surface area (Å²) in [5.41, 5.74) is 6.87. The Bertz CT molecular complexity index is 574. The molecular formula is C12H12N2O2. The summed E-state index contributed by atoms with van der Waals surface area (Å²) in [6, 6.07) is 8.93. The lowest BCUT2D eigenvalue weighted by atomic mass is 10.1. The highest BCUT2D eigenvalue weighted by molar-refractivity contribution is 5.76. The average Bonchev–Trinajstić information content (AvgIpc) is 2.28. The van der Waals surface area contributed by atoms with Crippen molar-refractivity contribution in [1.82, 2.24) is 4.98 Å². The molecular weight excluding hydrogens is 204 g/mol. The summed E-state index contributed by atoms with van der Waals surface area (Å²) in [6.45, 7) is 1.64. The summed E-state index contributed by atoms with van der Waals surface area (Å²) in [7, 11) is 0. The monoisotopic (exact) mass is 216 g/mol. The molecule has 16 heavy (non-hydrogen) atoms. The van der Waals surface area contributed by atoms with E-state index in [9.17, 15) is 9.90 Å². The normalized spacial score (nSPS) is 10.3. The van der Waals surface area contributed by atoms with Gasteiger partial charge in [0.25, 0.3) is 5.56 Å². The number of hydrogen-bond acceptors (Lipinski definition) is 3. The molecule has 0 unspecified atom stereocenters. The van der Waals surface area contributed by atoms with Gasteiger partial charge in [0.1, 0.15) is 0 Å². The van der Waals surface area contributed by atoms with Crippen LogP contribution >= 0.6 is 0 Å². The largest absolute Gasteiger partial charge is 0.505 e. The number of pyridine rings is 1. The molecule has 4 N–H and O–H groups in total. The smallest absolute Gasteiger partial charge is 0.259 e. The fourth-order valence-electron chi connectivity index (χ4n) is 1.59. The standard InChI is InChI=1S/C12H12N2O2/c1-7-10(13)11(15)9(12(16)14-7)8-5-3-2-4-6-8/h2-6H,13H2,1H3,(H2,14,15,16). The number of anilines is 1. The third-order valence-electron chi connectivity index (χ3n) is 2.49. The minimum atomic E-state index is -0.338. The van der Waals surface area contributed by atoms with E-state index in [1.807, 2.05) is 6.07 Å². The molecule has 2 rings (SSSR count). The molecule has 0 radical (unpaired) electrons. The van der Waals surface area contributed by atoms with Crippen molar-refractivity contribution >= 4 is 5.69 Å². The lowest BCUT2D eigenvalue weighted by molar-refractivity contribution is 0.478. The number of aromatic nitrogens is 1. The first-order valence-corrected chi connectivity index (χ1v) is 4.88. The van der Waals surface area contributed by atoms with Crippen molar-refractivity contribution < 1.29 is 5.11 Å². The summed E-state index contributed by atoms with van der Waals surface area (Å²) in [5.74, 6) is -0.160. The third kappa shape index (κ3) is 1.54. The average molecular weight is 216 g/mol. The van der Waals surface area contributed by atoms with Crippen molar-refractivity contribution in [3.05, 3.63) is 46.4 Å². The quantitative estimate of drug-likeness (QED) is 0.678. The molecule has 0 amide bonds. The zero-order chi connectivity index (χ0) is 11.7. The molecule has 2 aromatic rings. The van der Waals surface area contributed by atoms with Gasteiger partial charge in [0.2, 0.25) is 0 Å². The van der Waals surface area contributed by atoms with Gasteiger partial charge in [0.15, 0.2) is 5.75 Å². The molecule has 0 saturated carbocycles. The van der Waals surface area contributed by atoms with Crippen molar-refractivity contribution in [3.8, 4) is 16.9 Å². The molecule has 0 bridgehead atoms. The Kier molecular flexibility index (Phi) is 2.40. The van der Waals surface area contributed by atoms with Crippen molar-refractivity contribution in [3.63, 3.8) is 0 Å². The topological polar surface area (TPSA) is 79.1 Å². The number of hydrogen-bond donors (Lipinski definition) is 3. The van der Waals surface area contributed by atoms with Crippen molar-refractivity contribution in [2.45, 2.75) is 6.92 Å². The van der Waals surface area contributed by atoms with E-state index in [0.29, 0.717) is 11.3 Å². The Morgan fingerprint density at radius 2 is 1.88 bits per heavy atom. The van der Waals surface area contributed by atoms with E-state index in [-0.39, 0.29) is 22.6 Å². The number of nitrogens with two attached hydrogens (primary N) is 1. The van der Waals surface area contributed by atoms with E-state index < -0.39 is 0 Å². The highest BCUT2D eigenvalue weighted by Gasteiger charge is 2.13. The maximum absolute atomic E-state index is 11.7. The van der Waals surface area contributed by atoms with Crippen LogP contribution in [-0.2, 0) is 0 Å². The molecule has 0 aliphatic heterocycles. The maximum atomic E-state index is 11.7. The SMILES string of the molecule is Cc1[nH]c(=O)c(-c2ccccc2)c(O)c1N. The van der Waals surface area contributed by atoms with Crippen LogP contribution in [0, 0.1) is 6.92 Å². The lowest BCUT2D eigenvalue weighted by Gasteiger charge is -2.08. The Balaban J connectivity index is 2.76. The molecule has 82 valence electrons. The molecule has 4 nitrogen and oxygen atoms in total. The minimum Gasteiger partial charge on any atom is -0.505 e. The van der Waals surface area contributed by atoms with Crippen LogP contribution in [-0.4, -0.2) is 10.1 Å². The number of nitrogen functional groups attached to an aromatic ring is 1. The predicted octanol–water partition coefficient (Wildman–Crippen LogP) is 1.64. The summed E-state index contributed by atoms with van der Waals surface area (Å²) >= 11 is 0. The Morgan fingerprint density at radius 1 is 1.25 bits per heavy atom. The van der Waals surface area contributed by atoms with Gasteiger partial charge in [-0.1, -0.05) is 30.3 Å². The van der Waals surface area contributed by atoms with Crippen LogP contribution in [0.3, 0.4) is 0 Å². The summed E-state index contributed by atoms with van der Waals surface area (Å²) in [5, 5.41) is 9.87. The van der Waals surface area contributed by atoms with Gasteiger partial charge in [-0.3, -0.25) is 4.79 Å². The highest BCUT2D eigenvalue weighted by Crippen LogP contribution is 2.31. The second-order valence-electron chi connectivity index (χ2n) is 3.58. The van der Waals surface area contributed by atoms with E-state index in [1.54, 1.807) is 31.2 Å². The van der Waals surface area contributed by atoms with Crippen LogP contribution in [0.2, 0.25) is 0 Å². The minimum absolute atomic E-state index is 0.160. The first-order chi connectivity index (χ1) is 7.61. The first kappa shape index (κ1) is 10.3. The zero-order valence-corrected chi connectivity index (χ0v) is 8.82.